The number of benzene rings is 2. The smallest absolute Gasteiger partial charge is 0.317 e. The van der Waals surface area contributed by atoms with E-state index in [0.717, 1.165) is 15.6 Å². The fourth-order valence-electron chi connectivity index (χ4n) is 2.98. The van der Waals surface area contributed by atoms with Gasteiger partial charge in [-0.15, -0.1) is 0 Å². The molecule has 0 amide bonds. The number of ether oxygens (including phenoxy) is 2. The van der Waals surface area contributed by atoms with E-state index < -0.39 is 17.9 Å². The van der Waals surface area contributed by atoms with Crippen LogP contribution in [-0.4, -0.2) is 18.2 Å². The Bertz CT molecular complexity index is 873. The van der Waals surface area contributed by atoms with Crippen molar-refractivity contribution < 1.29 is 14.3 Å². The molecule has 1 aliphatic heterocycles. The maximum absolute atomic E-state index is 12.4. The first kappa shape index (κ1) is 19.4. The van der Waals surface area contributed by atoms with Crippen molar-refractivity contribution >= 4 is 39.2 Å². The SMILES string of the molecule is C=C1NC(=S)N[C@H](c2cc(Br)ccc2OCc2ccccc2)[C@H]1C(=O)OC. The molecule has 0 radical (unpaired) electrons. The zero-order valence-corrected chi connectivity index (χ0v) is 17.1. The summed E-state index contributed by atoms with van der Waals surface area (Å²) in [5.74, 6) is -0.387. The largest absolute Gasteiger partial charge is 0.489 e. The summed E-state index contributed by atoms with van der Waals surface area (Å²) in [6.07, 6.45) is 0. The molecule has 1 saturated heterocycles. The van der Waals surface area contributed by atoms with Crippen molar-refractivity contribution in [1.82, 2.24) is 10.6 Å². The van der Waals surface area contributed by atoms with Gasteiger partial charge in [-0.3, -0.25) is 4.79 Å². The third-order valence-electron chi connectivity index (χ3n) is 4.27. The first-order chi connectivity index (χ1) is 13.0. The predicted octanol–water partition coefficient (Wildman–Crippen LogP) is 3.85. The summed E-state index contributed by atoms with van der Waals surface area (Å²) in [6.45, 7) is 4.36. The molecule has 5 nitrogen and oxygen atoms in total. The van der Waals surface area contributed by atoms with Gasteiger partial charge in [0.15, 0.2) is 5.11 Å². The molecule has 27 heavy (non-hydrogen) atoms. The molecule has 2 aromatic rings. The van der Waals surface area contributed by atoms with Gasteiger partial charge in [-0.1, -0.05) is 52.8 Å². The predicted molar refractivity (Wildman–Crippen MR) is 111 cm³/mol. The van der Waals surface area contributed by atoms with E-state index >= 15 is 0 Å². The number of hydrogen-bond acceptors (Lipinski definition) is 4. The van der Waals surface area contributed by atoms with Crippen LogP contribution in [0.2, 0.25) is 0 Å². The van der Waals surface area contributed by atoms with E-state index in [0.29, 0.717) is 23.2 Å². The Kier molecular flexibility index (Phi) is 6.13. The fourth-order valence-corrected chi connectivity index (χ4v) is 3.61. The van der Waals surface area contributed by atoms with Gasteiger partial charge in [0.2, 0.25) is 0 Å². The van der Waals surface area contributed by atoms with Crippen LogP contribution in [-0.2, 0) is 16.1 Å². The Labute approximate surface area is 171 Å². The van der Waals surface area contributed by atoms with Crippen molar-refractivity contribution in [2.24, 2.45) is 5.92 Å². The minimum Gasteiger partial charge on any atom is -0.489 e. The lowest BCUT2D eigenvalue weighted by Crippen LogP contribution is -2.50. The Morgan fingerprint density at radius 3 is 2.70 bits per heavy atom. The molecule has 0 aliphatic carbocycles. The number of halogens is 1. The van der Waals surface area contributed by atoms with Gasteiger partial charge in [-0.05, 0) is 36.0 Å². The van der Waals surface area contributed by atoms with Gasteiger partial charge in [0.05, 0.1) is 13.2 Å². The standard InChI is InChI=1S/C20H19BrN2O3S/c1-12-17(19(24)25-2)18(23-20(27)22-12)15-10-14(21)8-9-16(15)26-11-13-6-4-3-5-7-13/h3-10,17-18H,1,11H2,2H3,(H2,22,23,27)/t17-,18+/m0/s1. The number of nitrogens with one attached hydrogen (secondary N) is 2. The lowest BCUT2D eigenvalue weighted by atomic mass is 9.88. The van der Waals surface area contributed by atoms with E-state index in [1.807, 2.05) is 48.5 Å². The van der Waals surface area contributed by atoms with Gasteiger partial charge in [-0.25, -0.2) is 0 Å². The summed E-state index contributed by atoms with van der Waals surface area (Å²) in [7, 11) is 1.35. The number of carbonyl (C=O) groups excluding carboxylic acids is 1. The summed E-state index contributed by atoms with van der Waals surface area (Å²) in [5, 5.41) is 6.46. The molecule has 2 atom stereocenters. The number of esters is 1. The van der Waals surface area contributed by atoms with Crippen LogP contribution in [0.25, 0.3) is 0 Å². The Balaban J connectivity index is 1.95. The second kappa shape index (κ2) is 8.54. The van der Waals surface area contributed by atoms with E-state index in [4.69, 9.17) is 21.7 Å². The normalized spacial score (nSPS) is 19.0. The van der Waals surface area contributed by atoms with Crippen LogP contribution < -0.4 is 15.4 Å². The molecule has 0 aromatic heterocycles. The molecule has 0 bridgehead atoms. The molecular weight excluding hydrogens is 428 g/mol. The molecule has 7 heteroatoms. The average molecular weight is 447 g/mol. The van der Waals surface area contributed by atoms with E-state index in [1.54, 1.807) is 0 Å². The number of hydrogen-bond donors (Lipinski definition) is 2. The molecule has 0 spiro atoms. The summed E-state index contributed by atoms with van der Waals surface area (Å²) >= 11 is 8.76. The average Bonchev–Trinajstić information content (AvgIpc) is 2.66. The van der Waals surface area contributed by atoms with Crippen LogP contribution >= 0.6 is 28.1 Å². The minimum atomic E-state index is -0.643. The van der Waals surface area contributed by atoms with Gasteiger partial charge in [-0.2, -0.15) is 0 Å². The van der Waals surface area contributed by atoms with E-state index in [9.17, 15) is 4.79 Å². The first-order valence-electron chi connectivity index (χ1n) is 8.30. The fraction of sp³-hybridized carbons (Fsp3) is 0.200. The van der Waals surface area contributed by atoms with Crippen molar-refractivity contribution in [2.45, 2.75) is 12.6 Å². The van der Waals surface area contributed by atoms with Crippen molar-refractivity contribution in [3.05, 3.63) is 76.4 Å². The summed E-state index contributed by atoms with van der Waals surface area (Å²) in [6, 6.07) is 15.1. The molecule has 3 rings (SSSR count). The lowest BCUT2D eigenvalue weighted by Gasteiger charge is -2.35. The minimum absolute atomic E-state index is 0.401. The number of carbonyl (C=O) groups is 1. The zero-order chi connectivity index (χ0) is 19.4. The van der Waals surface area contributed by atoms with Gasteiger partial charge in [0.25, 0.3) is 0 Å². The summed E-state index contributed by atoms with van der Waals surface area (Å²) in [5.41, 5.74) is 2.33. The molecule has 140 valence electrons. The Morgan fingerprint density at radius 1 is 1.26 bits per heavy atom. The topological polar surface area (TPSA) is 59.6 Å². The monoisotopic (exact) mass is 446 g/mol. The van der Waals surface area contributed by atoms with Gasteiger partial charge in [0, 0.05) is 15.7 Å². The molecule has 2 N–H and O–H groups in total. The van der Waals surface area contributed by atoms with Crippen LogP contribution in [0.1, 0.15) is 17.2 Å². The summed E-state index contributed by atoms with van der Waals surface area (Å²) in [4.78, 5) is 12.4. The summed E-state index contributed by atoms with van der Waals surface area (Å²) < 4.78 is 11.9. The van der Waals surface area contributed by atoms with Crippen molar-refractivity contribution in [2.75, 3.05) is 7.11 Å². The van der Waals surface area contributed by atoms with Crippen molar-refractivity contribution in [3.63, 3.8) is 0 Å². The first-order valence-corrected chi connectivity index (χ1v) is 9.50. The second-order valence-electron chi connectivity index (χ2n) is 6.06. The van der Waals surface area contributed by atoms with E-state index in [1.165, 1.54) is 7.11 Å². The van der Waals surface area contributed by atoms with Crippen molar-refractivity contribution in [1.29, 1.82) is 0 Å². The third kappa shape index (κ3) is 4.48. The van der Waals surface area contributed by atoms with Crippen LogP contribution in [0.4, 0.5) is 0 Å². The highest BCUT2D eigenvalue weighted by Gasteiger charge is 2.38. The number of thiocarbonyl (C=S) groups is 1. The highest BCUT2D eigenvalue weighted by atomic mass is 79.9. The second-order valence-corrected chi connectivity index (χ2v) is 7.38. The number of methoxy groups -OCH3 is 1. The Morgan fingerprint density at radius 2 is 2.00 bits per heavy atom. The quantitative estimate of drug-likeness (QED) is 0.537. The van der Waals surface area contributed by atoms with Crippen LogP contribution in [0.15, 0.2) is 65.3 Å². The van der Waals surface area contributed by atoms with Crippen LogP contribution in [0.3, 0.4) is 0 Å². The van der Waals surface area contributed by atoms with Crippen molar-refractivity contribution in [3.8, 4) is 5.75 Å². The van der Waals surface area contributed by atoms with Crippen LogP contribution in [0.5, 0.6) is 5.75 Å². The van der Waals surface area contributed by atoms with Crippen LogP contribution in [0, 0.1) is 5.92 Å². The lowest BCUT2D eigenvalue weighted by molar-refractivity contribution is -0.145. The maximum atomic E-state index is 12.4. The molecule has 1 aliphatic rings. The highest BCUT2D eigenvalue weighted by molar-refractivity contribution is 9.10. The van der Waals surface area contributed by atoms with Gasteiger partial charge < -0.3 is 20.1 Å². The van der Waals surface area contributed by atoms with E-state index in [2.05, 4.69) is 33.1 Å². The van der Waals surface area contributed by atoms with E-state index in [-0.39, 0.29) is 0 Å². The molecule has 1 heterocycles. The molecule has 0 saturated carbocycles. The molecule has 0 unspecified atom stereocenters. The molecule has 2 aromatic carbocycles. The molecule has 1 fully saturated rings. The maximum Gasteiger partial charge on any atom is 0.317 e. The van der Waals surface area contributed by atoms with Gasteiger partial charge >= 0.3 is 5.97 Å². The third-order valence-corrected chi connectivity index (χ3v) is 4.98. The number of rotatable bonds is 5. The van der Waals surface area contributed by atoms with Gasteiger partial charge in [0.1, 0.15) is 18.3 Å². The molecular formula is C20H19BrN2O3S. The Hall–Kier alpha value is -2.38. The zero-order valence-electron chi connectivity index (χ0n) is 14.7. The highest BCUT2D eigenvalue weighted by Crippen LogP contribution is 2.37.